The molecule has 7 N–H and O–H groups in total. The molecule has 0 spiro atoms. The molecular formula is C5H15N4O3S2+. The Morgan fingerprint density at radius 1 is 1.43 bits per heavy atom. The molecule has 7 nitrogen and oxygen atoms in total. The topological polar surface area (TPSA) is 118 Å². The highest BCUT2D eigenvalue weighted by Crippen LogP contribution is 1.91. The monoisotopic (exact) mass is 243 g/mol. The molecule has 1 heterocycles. The van der Waals surface area contributed by atoms with E-state index in [1.807, 2.05) is 0 Å². The Morgan fingerprint density at radius 3 is 2.36 bits per heavy atom. The summed E-state index contributed by atoms with van der Waals surface area (Å²) in [6.45, 7) is 1.28. The minimum absolute atomic E-state index is 0. The second-order valence-electron chi connectivity index (χ2n) is 2.68. The van der Waals surface area contributed by atoms with Crippen LogP contribution in [0.4, 0.5) is 0 Å². The number of hydrogen-bond acceptors (Lipinski definition) is 4. The Hall–Kier alpha value is -0.480. The minimum Gasteiger partial charge on any atom is -0.369 e. The molecule has 0 aromatic carbocycles. The predicted octanol–water partition coefficient (Wildman–Crippen LogP) is -1.05. The molecule has 1 rings (SSSR count). The first kappa shape index (κ1) is 13.5. The van der Waals surface area contributed by atoms with Crippen LogP contribution in [0.1, 0.15) is 0 Å². The molecule has 0 bridgehead atoms. The molecule has 0 unspecified atom stereocenters. The van der Waals surface area contributed by atoms with Gasteiger partial charge in [-0.05, 0) is 12.2 Å². The largest absolute Gasteiger partial charge is 0.369 e. The lowest BCUT2D eigenvalue weighted by Gasteiger charge is -2.28. The molecule has 0 saturated carbocycles. The van der Waals surface area contributed by atoms with Crippen LogP contribution in [0.2, 0.25) is 0 Å². The lowest BCUT2D eigenvalue weighted by Crippen LogP contribution is -2.54. The van der Waals surface area contributed by atoms with Crippen molar-refractivity contribution in [2.75, 3.05) is 25.6 Å². The van der Waals surface area contributed by atoms with Gasteiger partial charge in [0.1, 0.15) is 0 Å². The van der Waals surface area contributed by atoms with E-state index in [0.717, 1.165) is 0 Å². The maximum absolute atomic E-state index is 10.4. The third-order valence-electron chi connectivity index (χ3n) is 1.59. The van der Waals surface area contributed by atoms with Gasteiger partial charge in [-0.1, -0.05) is 0 Å². The number of nitrogens with one attached hydrogen (secondary N) is 2. The number of thiocarbonyl (C=S) groups is 1. The van der Waals surface area contributed by atoms with E-state index < -0.39 is 10.1 Å². The fourth-order valence-corrected chi connectivity index (χ4v) is 1.51. The van der Waals surface area contributed by atoms with Gasteiger partial charge in [0.25, 0.3) is 10.1 Å². The summed E-state index contributed by atoms with van der Waals surface area (Å²) < 4.78 is 29.3. The molecule has 0 aromatic heterocycles. The van der Waals surface area contributed by atoms with Gasteiger partial charge in [0.05, 0.1) is 19.1 Å². The van der Waals surface area contributed by atoms with Gasteiger partial charge in [-0.25, -0.2) is 0 Å². The number of nitrogens with zero attached hydrogens (tertiary/aromatic N) is 1. The lowest BCUT2D eigenvalue weighted by molar-refractivity contribution is 0.256. The van der Waals surface area contributed by atoms with Crippen LogP contribution in [0, 0.1) is 0 Å². The summed E-state index contributed by atoms with van der Waals surface area (Å²) in [5.74, 6) is -0.261. The summed E-state index contributed by atoms with van der Waals surface area (Å²) in [7, 11) is -3.87. The van der Waals surface area contributed by atoms with Crippen LogP contribution in [0.25, 0.3) is 0 Å². The van der Waals surface area contributed by atoms with Crippen LogP contribution in [0.5, 0.6) is 0 Å². The van der Waals surface area contributed by atoms with E-state index in [1.165, 1.54) is 0 Å². The van der Waals surface area contributed by atoms with Gasteiger partial charge >= 0.3 is 0 Å². The van der Waals surface area contributed by atoms with Crippen molar-refractivity contribution in [1.29, 1.82) is 0 Å². The molecule has 1 saturated heterocycles. The zero-order valence-electron chi connectivity index (χ0n) is 7.86. The van der Waals surface area contributed by atoms with Crippen molar-refractivity contribution >= 4 is 27.4 Å². The van der Waals surface area contributed by atoms with Gasteiger partial charge in [-0.15, -0.1) is 0 Å². The normalized spacial score (nSPS) is 17.9. The molecule has 0 atom stereocenters. The Bertz CT molecular complexity index is 281. The highest BCUT2D eigenvalue weighted by molar-refractivity contribution is 7.85. The summed E-state index contributed by atoms with van der Waals surface area (Å²) in [5, 5.41) is 6.23. The standard InChI is InChI=1S/C5H11N3O3S2.H3N/c9-13(10,11)2-1-8-3-6-5(12)7-4-8;/h1-4H2,(H2,6,7,12)(H,9,10,11);1H3/p+1. The second-order valence-corrected chi connectivity index (χ2v) is 4.66. The summed E-state index contributed by atoms with van der Waals surface area (Å²) in [6.07, 6.45) is 0. The maximum Gasteiger partial charge on any atom is 0.266 e. The molecule has 0 amide bonds. The van der Waals surface area contributed by atoms with E-state index in [4.69, 9.17) is 16.8 Å². The Balaban J connectivity index is 0.00000169. The molecule has 0 radical (unpaired) electrons. The highest BCUT2D eigenvalue weighted by Gasteiger charge is 2.14. The fraction of sp³-hybridized carbons (Fsp3) is 0.800. The van der Waals surface area contributed by atoms with Crippen molar-refractivity contribution in [2.45, 2.75) is 0 Å². The van der Waals surface area contributed by atoms with Crippen LogP contribution in [0.15, 0.2) is 0 Å². The van der Waals surface area contributed by atoms with E-state index in [-0.39, 0.29) is 18.4 Å². The van der Waals surface area contributed by atoms with Gasteiger partial charge in [0, 0.05) is 6.54 Å². The van der Waals surface area contributed by atoms with Crippen molar-refractivity contribution < 1.29 is 13.0 Å². The minimum atomic E-state index is -3.87. The molecule has 9 heteroatoms. The fourth-order valence-electron chi connectivity index (χ4n) is 0.888. The first-order valence-electron chi connectivity index (χ1n) is 3.66. The SMILES string of the molecule is O=S(=O)(O)CCN1CNC(=S)NC1.[NH4+]. The van der Waals surface area contributed by atoms with Crippen LogP contribution in [-0.2, 0) is 10.1 Å². The van der Waals surface area contributed by atoms with Crippen LogP contribution < -0.4 is 16.8 Å². The van der Waals surface area contributed by atoms with Gasteiger partial charge in [0.15, 0.2) is 5.11 Å². The summed E-state index contributed by atoms with van der Waals surface area (Å²) >= 11 is 4.80. The zero-order valence-corrected chi connectivity index (χ0v) is 9.49. The molecule has 1 aliphatic rings. The highest BCUT2D eigenvalue weighted by atomic mass is 32.2. The Labute approximate surface area is 88.2 Å². The van der Waals surface area contributed by atoms with Crippen LogP contribution in [0.3, 0.4) is 0 Å². The third-order valence-corrected chi connectivity index (χ3v) is 2.58. The number of rotatable bonds is 3. The molecule has 14 heavy (non-hydrogen) atoms. The third kappa shape index (κ3) is 5.29. The molecule has 0 aliphatic carbocycles. The molecule has 1 aliphatic heterocycles. The Morgan fingerprint density at radius 2 is 1.93 bits per heavy atom. The Kier molecular flexibility index (Phi) is 5.23. The van der Waals surface area contributed by atoms with E-state index in [0.29, 0.717) is 18.4 Å². The molecule has 84 valence electrons. The second kappa shape index (κ2) is 5.41. The quantitative estimate of drug-likeness (QED) is 0.369. The van der Waals surface area contributed by atoms with E-state index in [2.05, 4.69) is 10.6 Å². The van der Waals surface area contributed by atoms with Crippen molar-refractivity contribution in [3.63, 3.8) is 0 Å². The smallest absolute Gasteiger partial charge is 0.266 e. The summed E-state index contributed by atoms with van der Waals surface area (Å²) in [5.41, 5.74) is 0. The first-order valence-corrected chi connectivity index (χ1v) is 5.68. The van der Waals surface area contributed by atoms with Crippen LogP contribution >= 0.6 is 12.2 Å². The maximum atomic E-state index is 10.4. The van der Waals surface area contributed by atoms with Gasteiger partial charge in [0.2, 0.25) is 0 Å². The van der Waals surface area contributed by atoms with Crippen molar-refractivity contribution in [3.8, 4) is 0 Å². The van der Waals surface area contributed by atoms with Crippen LogP contribution in [-0.4, -0.2) is 48.6 Å². The molecule has 1 fully saturated rings. The summed E-state index contributed by atoms with van der Waals surface area (Å²) in [6, 6.07) is 0. The lowest BCUT2D eigenvalue weighted by atomic mass is 10.6. The number of hydrogen-bond donors (Lipinski definition) is 4. The van der Waals surface area contributed by atoms with E-state index >= 15 is 0 Å². The number of quaternary nitrogens is 1. The molecule has 0 aromatic rings. The van der Waals surface area contributed by atoms with Crippen molar-refractivity contribution in [3.05, 3.63) is 0 Å². The molecular weight excluding hydrogens is 228 g/mol. The van der Waals surface area contributed by atoms with E-state index in [1.54, 1.807) is 4.90 Å². The average molecular weight is 243 g/mol. The predicted molar refractivity (Wildman–Crippen MR) is 57.7 cm³/mol. The zero-order chi connectivity index (χ0) is 9.90. The van der Waals surface area contributed by atoms with E-state index in [9.17, 15) is 8.42 Å². The first-order chi connectivity index (χ1) is 5.97. The van der Waals surface area contributed by atoms with Crippen molar-refractivity contribution in [1.82, 2.24) is 21.7 Å². The van der Waals surface area contributed by atoms with Crippen molar-refractivity contribution in [2.24, 2.45) is 0 Å². The van der Waals surface area contributed by atoms with Gasteiger partial charge < -0.3 is 16.8 Å². The average Bonchev–Trinajstić information content (AvgIpc) is 2.02. The summed E-state index contributed by atoms with van der Waals surface area (Å²) in [4.78, 5) is 1.78. The van der Waals surface area contributed by atoms with Gasteiger partial charge in [-0.2, -0.15) is 8.42 Å². The van der Waals surface area contributed by atoms with Gasteiger partial charge in [-0.3, -0.25) is 9.45 Å².